The molecule has 112 valence electrons. The van der Waals surface area contributed by atoms with Crippen molar-refractivity contribution in [2.24, 2.45) is 22.7 Å². The first-order valence-electron chi connectivity index (χ1n) is 7.90. The third-order valence-electron chi connectivity index (χ3n) is 5.84. The number of nitrogens with one attached hydrogen (secondary N) is 1. The van der Waals surface area contributed by atoms with Crippen LogP contribution in [0.5, 0.6) is 0 Å². The van der Waals surface area contributed by atoms with Crippen LogP contribution in [0.2, 0.25) is 5.15 Å². The number of hydrogen-bond donors (Lipinski definition) is 1. The van der Waals surface area contributed by atoms with Crippen LogP contribution in [0.4, 0.5) is 5.69 Å². The monoisotopic (exact) mass is 304 g/mol. The molecule has 4 bridgehead atoms. The predicted molar refractivity (Wildman–Crippen MR) is 83.1 cm³/mol. The lowest BCUT2D eigenvalue weighted by molar-refractivity contribution is -0.149. The fraction of sp³-hybridized carbons (Fsp3) is 0.647. The quantitative estimate of drug-likeness (QED) is 0.829. The van der Waals surface area contributed by atoms with Gasteiger partial charge in [0, 0.05) is 6.20 Å². The molecule has 0 spiro atoms. The Kier molecular flexibility index (Phi) is 2.88. The molecule has 2 atom stereocenters. The first kappa shape index (κ1) is 13.6. The molecule has 0 saturated heterocycles. The van der Waals surface area contributed by atoms with E-state index in [1.807, 2.05) is 12.1 Å². The minimum atomic E-state index is -0.169. The minimum absolute atomic E-state index is 0.165. The highest BCUT2D eigenvalue weighted by atomic mass is 35.5. The van der Waals surface area contributed by atoms with Crippen LogP contribution >= 0.6 is 11.6 Å². The summed E-state index contributed by atoms with van der Waals surface area (Å²) in [7, 11) is 0. The number of carbonyl (C=O) groups excluding carboxylic acids is 1. The second kappa shape index (κ2) is 4.45. The SMILES string of the molecule is CC12CC3CC(C1)CC(C(=O)Nc1cccnc1Cl)(C3)C2. The topological polar surface area (TPSA) is 42.0 Å². The van der Waals surface area contributed by atoms with E-state index in [1.54, 1.807) is 6.20 Å². The lowest BCUT2D eigenvalue weighted by Gasteiger charge is -2.60. The van der Waals surface area contributed by atoms with E-state index in [1.165, 1.54) is 19.3 Å². The van der Waals surface area contributed by atoms with Crippen LogP contribution in [0, 0.1) is 22.7 Å². The number of pyridine rings is 1. The van der Waals surface area contributed by atoms with Crippen molar-refractivity contribution in [3.8, 4) is 0 Å². The fourth-order valence-electron chi connectivity index (χ4n) is 5.72. The maximum Gasteiger partial charge on any atom is 0.230 e. The summed E-state index contributed by atoms with van der Waals surface area (Å²) in [6.07, 6.45) is 8.75. The molecule has 0 radical (unpaired) electrons. The zero-order valence-corrected chi connectivity index (χ0v) is 13.1. The van der Waals surface area contributed by atoms with Crippen molar-refractivity contribution < 1.29 is 4.79 Å². The van der Waals surface area contributed by atoms with Crippen LogP contribution in [0.25, 0.3) is 0 Å². The van der Waals surface area contributed by atoms with Crippen LogP contribution in [0.15, 0.2) is 18.3 Å². The van der Waals surface area contributed by atoms with Crippen molar-refractivity contribution in [1.82, 2.24) is 4.98 Å². The van der Waals surface area contributed by atoms with Crippen LogP contribution in [0.1, 0.15) is 45.4 Å². The average Bonchev–Trinajstić information content (AvgIpc) is 2.38. The second-order valence-electron chi connectivity index (χ2n) is 7.85. The number of rotatable bonds is 2. The summed E-state index contributed by atoms with van der Waals surface area (Å²) >= 11 is 6.08. The molecule has 3 nitrogen and oxygen atoms in total. The molecule has 2 unspecified atom stereocenters. The van der Waals surface area contributed by atoms with Crippen molar-refractivity contribution in [2.75, 3.05) is 5.32 Å². The second-order valence-corrected chi connectivity index (χ2v) is 8.21. The van der Waals surface area contributed by atoms with Gasteiger partial charge in [-0.2, -0.15) is 0 Å². The maximum absolute atomic E-state index is 13.0. The standard InChI is InChI=1S/C17H21ClN2O/c1-16-6-11-5-12(7-16)9-17(8-11,10-16)15(21)20-13-3-2-4-19-14(13)18/h2-4,11-12H,5-10H2,1H3,(H,20,21). The van der Waals surface area contributed by atoms with Gasteiger partial charge in [-0.05, 0) is 67.9 Å². The van der Waals surface area contributed by atoms with Crippen molar-refractivity contribution in [3.63, 3.8) is 0 Å². The normalized spacial score (nSPS) is 40.3. The Morgan fingerprint density at radius 1 is 1.33 bits per heavy atom. The van der Waals surface area contributed by atoms with Gasteiger partial charge in [0.05, 0.1) is 11.1 Å². The minimum Gasteiger partial charge on any atom is -0.323 e. The molecule has 1 N–H and O–H groups in total. The Morgan fingerprint density at radius 2 is 2.05 bits per heavy atom. The summed E-state index contributed by atoms with van der Waals surface area (Å²) in [5.74, 6) is 1.65. The molecule has 4 heteroatoms. The van der Waals surface area contributed by atoms with Gasteiger partial charge in [0.25, 0.3) is 0 Å². The van der Waals surface area contributed by atoms with Gasteiger partial charge < -0.3 is 5.32 Å². The number of aromatic nitrogens is 1. The van der Waals surface area contributed by atoms with E-state index in [0.717, 1.165) is 31.1 Å². The molecule has 0 aromatic carbocycles. The number of nitrogens with zero attached hydrogens (tertiary/aromatic N) is 1. The van der Waals surface area contributed by atoms with Crippen molar-refractivity contribution in [3.05, 3.63) is 23.5 Å². The molecule has 1 aromatic heterocycles. The van der Waals surface area contributed by atoms with E-state index in [4.69, 9.17) is 11.6 Å². The summed E-state index contributed by atoms with van der Waals surface area (Å²) in [6.45, 7) is 2.38. The van der Waals surface area contributed by atoms with Crippen molar-refractivity contribution in [2.45, 2.75) is 45.4 Å². The van der Waals surface area contributed by atoms with Gasteiger partial charge in [-0.3, -0.25) is 4.79 Å². The molecular weight excluding hydrogens is 284 g/mol. The number of amides is 1. The van der Waals surface area contributed by atoms with E-state index >= 15 is 0 Å². The molecule has 1 aromatic rings. The first-order valence-corrected chi connectivity index (χ1v) is 8.28. The molecule has 5 rings (SSSR count). The van der Waals surface area contributed by atoms with Gasteiger partial charge >= 0.3 is 0 Å². The average molecular weight is 305 g/mol. The van der Waals surface area contributed by atoms with Gasteiger partial charge in [0.1, 0.15) is 0 Å². The largest absolute Gasteiger partial charge is 0.323 e. The number of carbonyl (C=O) groups is 1. The molecule has 4 aliphatic carbocycles. The van der Waals surface area contributed by atoms with E-state index in [0.29, 0.717) is 16.3 Å². The third kappa shape index (κ3) is 2.17. The fourth-order valence-corrected chi connectivity index (χ4v) is 5.89. The molecule has 4 fully saturated rings. The van der Waals surface area contributed by atoms with Gasteiger partial charge in [0.15, 0.2) is 5.15 Å². The lowest BCUT2D eigenvalue weighted by Crippen LogP contribution is -2.55. The summed E-state index contributed by atoms with van der Waals surface area (Å²) in [4.78, 5) is 17.0. The highest BCUT2D eigenvalue weighted by Crippen LogP contribution is 2.65. The van der Waals surface area contributed by atoms with E-state index in [2.05, 4.69) is 17.2 Å². The molecule has 1 heterocycles. The van der Waals surface area contributed by atoms with Crippen LogP contribution in [-0.4, -0.2) is 10.9 Å². The van der Waals surface area contributed by atoms with Gasteiger partial charge in [-0.1, -0.05) is 18.5 Å². The van der Waals surface area contributed by atoms with Crippen molar-refractivity contribution in [1.29, 1.82) is 0 Å². The van der Waals surface area contributed by atoms with Crippen LogP contribution < -0.4 is 5.32 Å². The number of anilines is 1. The Morgan fingerprint density at radius 3 is 2.67 bits per heavy atom. The van der Waals surface area contributed by atoms with Gasteiger partial charge in [0.2, 0.25) is 5.91 Å². The van der Waals surface area contributed by atoms with E-state index in [-0.39, 0.29) is 11.3 Å². The van der Waals surface area contributed by atoms with Crippen LogP contribution in [0.3, 0.4) is 0 Å². The van der Waals surface area contributed by atoms with Gasteiger partial charge in [-0.25, -0.2) is 4.98 Å². The summed E-state index contributed by atoms with van der Waals surface area (Å²) in [5.41, 5.74) is 0.850. The smallest absolute Gasteiger partial charge is 0.230 e. The predicted octanol–water partition coefficient (Wildman–Crippen LogP) is 4.28. The number of halogens is 1. The zero-order valence-electron chi connectivity index (χ0n) is 12.4. The summed E-state index contributed by atoms with van der Waals surface area (Å²) in [5, 5.41) is 3.43. The number of hydrogen-bond acceptors (Lipinski definition) is 2. The molecular formula is C17H21ClN2O. The Hall–Kier alpha value is -1.09. The molecule has 21 heavy (non-hydrogen) atoms. The zero-order chi connectivity index (χ0) is 14.7. The van der Waals surface area contributed by atoms with Gasteiger partial charge in [-0.15, -0.1) is 0 Å². The molecule has 1 amide bonds. The third-order valence-corrected chi connectivity index (χ3v) is 6.14. The highest BCUT2D eigenvalue weighted by molar-refractivity contribution is 6.32. The molecule has 4 saturated carbocycles. The molecule has 0 aliphatic heterocycles. The Labute approximate surface area is 130 Å². The molecule has 4 aliphatic rings. The van der Waals surface area contributed by atoms with E-state index < -0.39 is 0 Å². The Bertz CT molecular complexity index is 586. The summed E-state index contributed by atoms with van der Waals surface area (Å²) < 4.78 is 0. The maximum atomic E-state index is 13.0. The van der Waals surface area contributed by atoms with E-state index in [9.17, 15) is 4.79 Å². The Balaban J connectivity index is 1.61. The summed E-state index contributed by atoms with van der Waals surface area (Å²) in [6, 6.07) is 3.64. The first-order chi connectivity index (χ1) is 9.98. The lowest BCUT2D eigenvalue weighted by atomic mass is 9.44. The van der Waals surface area contributed by atoms with Crippen molar-refractivity contribution >= 4 is 23.2 Å². The van der Waals surface area contributed by atoms with Crippen LogP contribution in [-0.2, 0) is 4.79 Å². The highest BCUT2D eigenvalue weighted by Gasteiger charge is 2.58.